The molecule has 0 amide bonds. The fraction of sp³-hybridized carbons (Fsp3) is 0.647. The number of hydrogen-bond acceptors (Lipinski definition) is 4. The molecule has 22 heavy (non-hydrogen) atoms. The van der Waals surface area contributed by atoms with Crippen molar-refractivity contribution < 1.29 is 14.2 Å². The van der Waals surface area contributed by atoms with Gasteiger partial charge in [0.1, 0.15) is 5.82 Å². The second-order valence-corrected chi connectivity index (χ2v) is 6.76. The zero-order valence-corrected chi connectivity index (χ0v) is 13.2. The fourth-order valence-corrected chi connectivity index (χ4v) is 3.50. The van der Waals surface area contributed by atoms with Gasteiger partial charge in [0.25, 0.3) is 0 Å². The van der Waals surface area contributed by atoms with Crippen molar-refractivity contribution in [3.05, 3.63) is 30.1 Å². The van der Waals surface area contributed by atoms with E-state index in [0.29, 0.717) is 19.3 Å². The minimum absolute atomic E-state index is 0.0527. The predicted octanol–water partition coefficient (Wildman–Crippen LogP) is 1.74. The Labute approximate surface area is 131 Å². The molecule has 2 aliphatic rings. The molecule has 1 aromatic rings. The molecule has 2 aliphatic heterocycles. The summed E-state index contributed by atoms with van der Waals surface area (Å²) in [5, 5.41) is 9.55. The first-order chi connectivity index (χ1) is 10.6. The highest BCUT2D eigenvalue weighted by atomic mass is 19.1. The fourth-order valence-electron chi connectivity index (χ4n) is 3.50. The van der Waals surface area contributed by atoms with Gasteiger partial charge in [-0.3, -0.25) is 0 Å². The van der Waals surface area contributed by atoms with Crippen LogP contribution in [0.25, 0.3) is 0 Å². The molecule has 0 saturated carbocycles. The largest absolute Gasteiger partial charge is 0.396 e. The normalized spacial score (nSPS) is 21.9. The third-order valence-electron chi connectivity index (χ3n) is 5.02. The first kappa shape index (κ1) is 15.7. The van der Waals surface area contributed by atoms with Gasteiger partial charge in [0, 0.05) is 31.4 Å². The average Bonchev–Trinajstić information content (AvgIpc) is 2.52. The molecule has 2 heterocycles. The van der Waals surface area contributed by atoms with E-state index in [0.717, 1.165) is 38.2 Å². The molecule has 0 atom stereocenters. The van der Waals surface area contributed by atoms with E-state index in [1.165, 1.54) is 12.1 Å². The van der Waals surface area contributed by atoms with Gasteiger partial charge in [-0.25, -0.2) is 4.39 Å². The van der Waals surface area contributed by atoms with Crippen LogP contribution in [0.15, 0.2) is 24.3 Å². The maximum Gasteiger partial charge on any atom is 0.123 e. The molecule has 2 fully saturated rings. The third kappa shape index (κ3) is 3.26. The van der Waals surface area contributed by atoms with Crippen LogP contribution < -0.4 is 4.90 Å². The second-order valence-electron chi connectivity index (χ2n) is 6.76. The number of piperidine rings is 1. The summed E-state index contributed by atoms with van der Waals surface area (Å²) in [6.45, 7) is 4.41. The lowest BCUT2D eigenvalue weighted by Crippen LogP contribution is -2.55. The summed E-state index contributed by atoms with van der Waals surface area (Å²) in [7, 11) is 2.15. The third-order valence-corrected chi connectivity index (χ3v) is 5.02. The molecule has 122 valence electrons. The summed E-state index contributed by atoms with van der Waals surface area (Å²) in [6, 6.07) is 7.29. The van der Waals surface area contributed by atoms with Crippen molar-refractivity contribution in [3.63, 3.8) is 0 Å². The zero-order chi connectivity index (χ0) is 15.6. The molecule has 0 unspecified atom stereocenters. The summed E-state index contributed by atoms with van der Waals surface area (Å²) in [6.07, 6.45) is 2.19. The molecule has 0 aromatic heterocycles. The minimum Gasteiger partial charge on any atom is -0.396 e. The van der Waals surface area contributed by atoms with E-state index in [1.54, 1.807) is 0 Å². The van der Waals surface area contributed by atoms with Gasteiger partial charge in [0.2, 0.25) is 0 Å². The van der Waals surface area contributed by atoms with E-state index >= 15 is 0 Å². The number of halogens is 1. The molecule has 4 nitrogen and oxygen atoms in total. The van der Waals surface area contributed by atoms with E-state index in [1.807, 2.05) is 12.1 Å². The monoisotopic (exact) mass is 308 g/mol. The van der Waals surface area contributed by atoms with Gasteiger partial charge in [-0.1, -0.05) is 0 Å². The van der Waals surface area contributed by atoms with Crippen molar-refractivity contribution in [2.45, 2.75) is 18.9 Å². The Morgan fingerprint density at radius 1 is 1.27 bits per heavy atom. The highest BCUT2D eigenvalue weighted by molar-refractivity contribution is 5.46. The van der Waals surface area contributed by atoms with E-state index in [9.17, 15) is 9.50 Å². The molecule has 0 radical (unpaired) electrons. The SMILES string of the molecule is CN(CC1(CO)COC1)C1CCN(c2ccc(F)cc2)CC1. The lowest BCUT2D eigenvalue weighted by atomic mass is 9.85. The molecule has 3 rings (SSSR count). The zero-order valence-electron chi connectivity index (χ0n) is 13.2. The highest BCUT2D eigenvalue weighted by Gasteiger charge is 2.40. The first-order valence-corrected chi connectivity index (χ1v) is 8.01. The lowest BCUT2D eigenvalue weighted by molar-refractivity contribution is -0.149. The molecule has 0 bridgehead atoms. The number of benzene rings is 1. The molecule has 1 aromatic carbocycles. The summed E-state index contributed by atoms with van der Waals surface area (Å²) in [5.41, 5.74) is 1.05. The number of ether oxygens (including phenoxy) is 1. The molecule has 0 spiro atoms. The smallest absolute Gasteiger partial charge is 0.123 e. The van der Waals surface area contributed by atoms with Gasteiger partial charge in [-0.2, -0.15) is 0 Å². The van der Waals surface area contributed by atoms with E-state index in [2.05, 4.69) is 16.8 Å². The topological polar surface area (TPSA) is 35.9 Å². The summed E-state index contributed by atoms with van der Waals surface area (Å²) in [5.74, 6) is -0.185. The van der Waals surface area contributed by atoms with Crippen LogP contribution >= 0.6 is 0 Å². The Kier molecular flexibility index (Phi) is 4.66. The standard InChI is InChI=1S/C17H25FN2O2/c1-19(10-17(11-21)12-22-13-17)15-6-8-20(9-7-15)16-4-2-14(18)3-5-16/h2-5,15,21H,6-13H2,1H3. The molecular weight excluding hydrogens is 283 g/mol. The maximum absolute atomic E-state index is 13.0. The minimum atomic E-state index is -0.185. The quantitative estimate of drug-likeness (QED) is 0.899. The number of hydrogen-bond donors (Lipinski definition) is 1. The number of rotatable bonds is 5. The molecule has 1 N–H and O–H groups in total. The van der Waals surface area contributed by atoms with Gasteiger partial charge in [-0.05, 0) is 44.2 Å². The Morgan fingerprint density at radius 2 is 1.91 bits per heavy atom. The second kappa shape index (κ2) is 6.52. The average molecular weight is 308 g/mol. The van der Waals surface area contributed by atoms with Crippen molar-refractivity contribution in [1.29, 1.82) is 0 Å². The van der Waals surface area contributed by atoms with E-state index in [4.69, 9.17) is 4.74 Å². The number of aliphatic hydroxyl groups excluding tert-OH is 1. The van der Waals surface area contributed by atoms with Crippen molar-refractivity contribution in [2.75, 3.05) is 51.4 Å². The lowest BCUT2D eigenvalue weighted by Gasteiger charge is -2.45. The number of aliphatic hydroxyl groups is 1. The predicted molar refractivity (Wildman–Crippen MR) is 84.6 cm³/mol. The van der Waals surface area contributed by atoms with Gasteiger partial charge < -0.3 is 19.6 Å². The van der Waals surface area contributed by atoms with Gasteiger partial charge in [0.05, 0.1) is 25.2 Å². The molecule has 0 aliphatic carbocycles. The summed E-state index contributed by atoms with van der Waals surface area (Å²) >= 11 is 0. The summed E-state index contributed by atoms with van der Waals surface area (Å²) < 4.78 is 18.3. The first-order valence-electron chi connectivity index (χ1n) is 8.01. The van der Waals surface area contributed by atoms with Crippen LogP contribution in [0.5, 0.6) is 0 Å². The van der Waals surface area contributed by atoms with E-state index in [-0.39, 0.29) is 17.8 Å². The van der Waals surface area contributed by atoms with Crippen LogP contribution in [-0.4, -0.2) is 62.6 Å². The van der Waals surface area contributed by atoms with Crippen molar-refractivity contribution >= 4 is 5.69 Å². The summed E-state index contributed by atoms with van der Waals surface area (Å²) in [4.78, 5) is 4.69. The van der Waals surface area contributed by atoms with Crippen molar-refractivity contribution in [3.8, 4) is 0 Å². The number of nitrogens with zero attached hydrogens (tertiary/aromatic N) is 2. The van der Waals surface area contributed by atoms with Crippen LogP contribution in [0.2, 0.25) is 0 Å². The maximum atomic E-state index is 13.0. The van der Waals surface area contributed by atoms with Crippen molar-refractivity contribution in [2.24, 2.45) is 5.41 Å². The van der Waals surface area contributed by atoms with E-state index < -0.39 is 0 Å². The molecule has 5 heteroatoms. The Balaban J connectivity index is 1.51. The number of anilines is 1. The van der Waals surface area contributed by atoms with Crippen LogP contribution in [0.4, 0.5) is 10.1 Å². The Morgan fingerprint density at radius 3 is 2.41 bits per heavy atom. The van der Waals surface area contributed by atoms with Crippen LogP contribution in [0, 0.1) is 11.2 Å². The Bertz CT molecular complexity index is 476. The van der Waals surface area contributed by atoms with Gasteiger partial charge in [0.15, 0.2) is 0 Å². The Hall–Kier alpha value is -1.17. The molecular formula is C17H25FN2O2. The highest BCUT2D eigenvalue weighted by Crippen LogP contribution is 2.30. The van der Waals surface area contributed by atoms with Crippen molar-refractivity contribution in [1.82, 2.24) is 4.90 Å². The van der Waals surface area contributed by atoms with Crippen LogP contribution in [-0.2, 0) is 4.74 Å². The van der Waals surface area contributed by atoms with Crippen LogP contribution in [0.3, 0.4) is 0 Å². The van der Waals surface area contributed by atoms with Crippen LogP contribution in [0.1, 0.15) is 12.8 Å². The van der Waals surface area contributed by atoms with Gasteiger partial charge in [-0.15, -0.1) is 0 Å². The molecule has 2 saturated heterocycles. The van der Waals surface area contributed by atoms with Gasteiger partial charge >= 0.3 is 0 Å².